The lowest BCUT2D eigenvalue weighted by Gasteiger charge is -2.20. The Morgan fingerprint density at radius 1 is 1.11 bits per heavy atom. The summed E-state index contributed by atoms with van der Waals surface area (Å²) in [5.74, 6) is 0.221. The summed E-state index contributed by atoms with van der Waals surface area (Å²) in [6.45, 7) is 6.67. The third-order valence-electron chi connectivity index (χ3n) is 5.41. The highest BCUT2D eigenvalue weighted by molar-refractivity contribution is 5.48. The fourth-order valence-electron chi connectivity index (χ4n) is 4.08. The zero-order valence-electron chi connectivity index (χ0n) is 15.9. The van der Waals surface area contributed by atoms with E-state index in [0.29, 0.717) is 6.54 Å². The highest BCUT2D eigenvalue weighted by atomic mass is 16.3. The Morgan fingerprint density at radius 2 is 2.00 bits per heavy atom. The minimum absolute atomic E-state index is 0.221. The van der Waals surface area contributed by atoms with Gasteiger partial charge in [-0.2, -0.15) is 5.10 Å². The van der Waals surface area contributed by atoms with Crippen molar-refractivity contribution in [3.8, 4) is 5.69 Å². The minimum atomic E-state index is -0.314. The lowest BCUT2D eigenvalue weighted by molar-refractivity contribution is 0.140. The molecule has 5 nitrogen and oxygen atoms in total. The third kappa shape index (κ3) is 3.94. The van der Waals surface area contributed by atoms with Crippen molar-refractivity contribution in [2.45, 2.75) is 32.9 Å². The predicted octanol–water partition coefficient (Wildman–Crippen LogP) is 2.92. The summed E-state index contributed by atoms with van der Waals surface area (Å²) in [5, 5.41) is 15.0. The Labute approximate surface area is 160 Å². The van der Waals surface area contributed by atoms with Gasteiger partial charge < -0.3 is 5.11 Å². The second-order valence-corrected chi connectivity index (χ2v) is 7.58. The summed E-state index contributed by atoms with van der Waals surface area (Å²) in [6, 6.07) is 12.3. The lowest BCUT2D eigenvalue weighted by Crippen LogP contribution is -2.23. The largest absolute Gasteiger partial charge is 0.391 e. The van der Waals surface area contributed by atoms with Gasteiger partial charge in [0, 0.05) is 49.8 Å². The maximum Gasteiger partial charge on any atom is 0.0711 e. The van der Waals surface area contributed by atoms with E-state index in [2.05, 4.69) is 41.0 Å². The number of pyridine rings is 1. The fraction of sp³-hybridized carbons (Fsp3) is 0.364. The molecule has 27 heavy (non-hydrogen) atoms. The third-order valence-corrected chi connectivity index (χ3v) is 5.41. The molecule has 0 radical (unpaired) electrons. The number of hydrogen-bond acceptors (Lipinski definition) is 4. The van der Waals surface area contributed by atoms with Crippen LogP contribution in [0.15, 0.2) is 55.0 Å². The van der Waals surface area contributed by atoms with Crippen molar-refractivity contribution < 1.29 is 5.11 Å². The van der Waals surface area contributed by atoms with Crippen LogP contribution in [0.25, 0.3) is 5.69 Å². The second-order valence-electron chi connectivity index (χ2n) is 7.58. The topological polar surface area (TPSA) is 54.2 Å². The first kappa shape index (κ1) is 17.9. The highest BCUT2D eigenvalue weighted by Crippen LogP contribution is 2.27. The molecule has 5 heteroatoms. The van der Waals surface area contributed by atoms with E-state index >= 15 is 0 Å². The molecule has 1 saturated heterocycles. The van der Waals surface area contributed by atoms with Crippen LogP contribution in [-0.2, 0) is 13.0 Å². The molecule has 140 valence electrons. The quantitative estimate of drug-likeness (QED) is 0.758. The van der Waals surface area contributed by atoms with E-state index in [1.807, 2.05) is 47.5 Å². The molecule has 3 aromatic rings. The standard InChI is InChI=1S/C22H26N4O/c1-16-10-17(2)20(21(11-16)26-9-5-8-24-26)14-25-13-18(22(27)15-25)12-19-6-3-4-7-23-19/h3-11,18,22,27H,12-15H2,1-2H3/t18-,22-/m1/s1. The van der Waals surface area contributed by atoms with Crippen LogP contribution in [0, 0.1) is 19.8 Å². The Hall–Kier alpha value is -2.50. The fourth-order valence-corrected chi connectivity index (χ4v) is 4.08. The summed E-state index contributed by atoms with van der Waals surface area (Å²) in [7, 11) is 0. The Morgan fingerprint density at radius 3 is 2.74 bits per heavy atom. The van der Waals surface area contributed by atoms with Gasteiger partial charge in [-0.25, -0.2) is 4.68 Å². The van der Waals surface area contributed by atoms with Crippen LogP contribution in [0.2, 0.25) is 0 Å². The van der Waals surface area contributed by atoms with Crippen molar-refractivity contribution in [1.82, 2.24) is 19.7 Å². The summed E-state index contributed by atoms with van der Waals surface area (Å²) < 4.78 is 1.94. The van der Waals surface area contributed by atoms with Gasteiger partial charge in [-0.15, -0.1) is 0 Å². The Balaban J connectivity index is 1.53. The van der Waals surface area contributed by atoms with Crippen molar-refractivity contribution >= 4 is 0 Å². The van der Waals surface area contributed by atoms with E-state index in [1.165, 1.54) is 16.7 Å². The van der Waals surface area contributed by atoms with Gasteiger partial charge in [-0.1, -0.05) is 12.1 Å². The first-order chi connectivity index (χ1) is 13.1. The summed E-state index contributed by atoms with van der Waals surface area (Å²) >= 11 is 0. The summed E-state index contributed by atoms with van der Waals surface area (Å²) in [5.41, 5.74) is 5.95. The first-order valence-corrected chi connectivity index (χ1v) is 9.50. The monoisotopic (exact) mass is 362 g/mol. The molecule has 0 spiro atoms. The van der Waals surface area contributed by atoms with Gasteiger partial charge in [0.2, 0.25) is 0 Å². The van der Waals surface area contributed by atoms with E-state index in [-0.39, 0.29) is 12.0 Å². The average Bonchev–Trinajstić information content (AvgIpc) is 3.29. The number of nitrogens with zero attached hydrogens (tertiary/aromatic N) is 4. The van der Waals surface area contributed by atoms with Gasteiger partial charge in [0.1, 0.15) is 0 Å². The van der Waals surface area contributed by atoms with Crippen LogP contribution < -0.4 is 0 Å². The molecule has 0 saturated carbocycles. The van der Waals surface area contributed by atoms with Crippen LogP contribution in [0.4, 0.5) is 0 Å². The molecule has 1 aliphatic rings. The molecule has 0 bridgehead atoms. The van der Waals surface area contributed by atoms with Crippen LogP contribution in [0.1, 0.15) is 22.4 Å². The molecular formula is C22H26N4O. The summed E-state index contributed by atoms with van der Waals surface area (Å²) in [6.07, 6.45) is 6.12. The number of hydrogen-bond donors (Lipinski definition) is 1. The van der Waals surface area contributed by atoms with Gasteiger partial charge in [0.25, 0.3) is 0 Å². The molecule has 0 unspecified atom stereocenters. The van der Waals surface area contributed by atoms with Gasteiger partial charge in [0.15, 0.2) is 0 Å². The number of aromatic nitrogens is 3. The van der Waals surface area contributed by atoms with Crippen LogP contribution in [-0.4, -0.2) is 44.0 Å². The van der Waals surface area contributed by atoms with E-state index in [0.717, 1.165) is 30.9 Å². The molecule has 2 aromatic heterocycles. The maximum absolute atomic E-state index is 10.6. The smallest absolute Gasteiger partial charge is 0.0711 e. The van der Waals surface area contributed by atoms with Crippen LogP contribution in [0.5, 0.6) is 0 Å². The van der Waals surface area contributed by atoms with Gasteiger partial charge >= 0.3 is 0 Å². The van der Waals surface area contributed by atoms with Crippen molar-refractivity contribution in [1.29, 1.82) is 0 Å². The number of aliphatic hydroxyl groups excluding tert-OH is 1. The maximum atomic E-state index is 10.6. The minimum Gasteiger partial charge on any atom is -0.391 e. The molecule has 3 heterocycles. The van der Waals surface area contributed by atoms with Crippen molar-refractivity contribution in [3.63, 3.8) is 0 Å². The molecule has 1 N–H and O–H groups in total. The molecule has 4 rings (SSSR count). The number of likely N-dealkylation sites (tertiary alicyclic amines) is 1. The molecular weight excluding hydrogens is 336 g/mol. The molecule has 1 fully saturated rings. The van der Waals surface area contributed by atoms with E-state index < -0.39 is 0 Å². The molecule has 0 amide bonds. The number of aliphatic hydroxyl groups is 1. The second kappa shape index (κ2) is 7.62. The van der Waals surface area contributed by atoms with Crippen LogP contribution >= 0.6 is 0 Å². The number of aryl methyl sites for hydroxylation is 2. The van der Waals surface area contributed by atoms with Gasteiger partial charge in [-0.05, 0) is 61.2 Å². The van der Waals surface area contributed by atoms with Crippen molar-refractivity contribution in [3.05, 3.63) is 77.4 Å². The average molecular weight is 362 g/mol. The number of β-amino-alcohol motifs (C(OH)–C–C–N with tert-alkyl or cyclic N) is 1. The molecule has 2 atom stereocenters. The predicted molar refractivity (Wildman–Crippen MR) is 106 cm³/mol. The molecule has 1 aromatic carbocycles. The highest BCUT2D eigenvalue weighted by Gasteiger charge is 2.32. The first-order valence-electron chi connectivity index (χ1n) is 9.50. The lowest BCUT2D eigenvalue weighted by atomic mass is 10.00. The van der Waals surface area contributed by atoms with Gasteiger partial charge in [0.05, 0.1) is 11.8 Å². The van der Waals surface area contributed by atoms with E-state index in [1.54, 1.807) is 0 Å². The van der Waals surface area contributed by atoms with E-state index in [4.69, 9.17) is 0 Å². The number of benzene rings is 1. The van der Waals surface area contributed by atoms with Gasteiger partial charge in [-0.3, -0.25) is 9.88 Å². The van der Waals surface area contributed by atoms with Crippen LogP contribution in [0.3, 0.4) is 0 Å². The SMILES string of the molecule is Cc1cc(C)c(CN2C[C@@H](Cc3ccccn3)[C@H](O)C2)c(-n2cccn2)c1. The zero-order valence-corrected chi connectivity index (χ0v) is 15.9. The molecule has 1 aliphatic heterocycles. The van der Waals surface area contributed by atoms with Crippen molar-refractivity contribution in [2.75, 3.05) is 13.1 Å². The number of rotatable bonds is 5. The molecule has 0 aliphatic carbocycles. The summed E-state index contributed by atoms with van der Waals surface area (Å²) in [4.78, 5) is 6.77. The Kier molecular flexibility index (Phi) is 5.05. The zero-order chi connectivity index (χ0) is 18.8. The van der Waals surface area contributed by atoms with E-state index in [9.17, 15) is 5.11 Å². The van der Waals surface area contributed by atoms with Crippen molar-refractivity contribution in [2.24, 2.45) is 5.92 Å². The Bertz CT molecular complexity index is 892. The normalized spacial score (nSPS) is 20.3.